The Labute approximate surface area is 325 Å². The van der Waals surface area contributed by atoms with Crippen LogP contribution in [-0.2, 0) is 0 Å². The van der Waals surface area contributed by atoms with Gasteiger partial charge in [0.15, 0.2) is 0 Å². The second-order valence-electron chi connectivity index (χ2n) is 14.5. The van der Waals surface area contributed by atoms with Gasteiger partial charge in [0.1, 0.15) is 11.2 Å². The highest BCUT2D eigenvalue weighted by Gasteiger charge is 2.21. The van der Waals surface area contributed by atoms with E-state index in [2.05, 4.69) is 217 Å². The first kappa shape index (κ1) is 32.0. The van der Waals surface area contributed by atoms with Crippen LogP contribution in [0.3, 0.4) is 0 Å². The van der Waals surface area contributed by atoms with Crippen LogP contribution in [0, 0.1) is 0 Å². The van der Waals surface area contributed by atoms with Gasteiger partial charge in [-0.25, -0.2) is 0 Å². The lowest BCUT2D eigenvalue weighted by Crippen LogP contribution is -2.09. The molecule has 0 saturated heterocycles. The van der Waals surface area contributed by atoms with E-state index in [0.29, 0.717) is 0 Å². The molecule has 0 atom stereocenters. The molecule has 0 aliphatic rings. The molecule has 56 heavy (non-hydrogen) atoms. The molecule has 0 spiro atoms. The first-order valence-corrected chi connectivity index (χ1v) is 19.2. The lowest BCUT2D eigenvalue weighted by molar-refractivity contribution is 0.670. The van der Waals surface area contributed by atoms with Crippen LogP contribution in [0.1, 0.15) is 0 Å². The molecule has 11 aromatic rings. The van der Waals surface area contributed by atoms with Crippen LogP contribution in [0.4, 0.5) is 17.1 Å². The maximum atomic E-state index is 6.96. The molecular formula is C54H35NO. The molecule has 10 aromatic carbocycles. The lowest BCUT2D eigenvalue weighted by atomic mass is 9.89. The summed E-state index contributed by atoms with van der Waals surface area (Å²) in [6, 6.07) is 76.3. The van der Waals surface area contributed by atoms with Crippen molar-refractivity contribution in [3.8, 4) is 33.4 Å². The highest BCUT2D eigenvalue weighted by molar-refractivity contribution is 6.23. The van der Waals surface area contributed by atoms with Gasteiger partial charge < -0.3 is 9.32 Å². The fraction of sp³-hybridized carbons (Fsp3) is 0. The maximum Gasteiger partial charge on any atom is 0.143 e. The molecule has 0 fully saturated rings. The van der Waals surface area contributed by atoms with Crippen molar-refractivity contribution in [1.82, 2.24) is 0 Å². The quantitative estimate of drug-likeness (QED) is 0.160. The van der Waals surface area contributed by atoms with E-state index in [0.717, 1.165) is 44.6 Å². The van der Waals surface area contributed by atoms with Gasteiger partial charge >= 0.3 is 0 Å². The molecule has 0 N–H and O–H groups in total. The number of benzene rings is 10. The molecule has 0 bridgehead atoms. The van der Waals surface area contributed by atoms with Gasteiger partial charge in [-0.3, -0.25) is 0 Å². The van der Waals surface area contributed by atoms with Gasteiger partial charge in [-0.2, -0.15) is 0 Å². The fourth-order valence-electron chi connectivity index (χ4n) is 8.54. The van der Waals surface area contributed by atoms with Crippen LogP contribution < -0.4 is 4.90 Å². The number of hydrogen-bond acceptors (Lipinski definition) is 2. The second-order valence-corrected chi connectivity index (χ2v) is 14.5. The van der Waals surface area contributed by atoms with Crippen molar-refractivity contribution in [2.45, 2.75) is 0 Å². The number of hydrogen-bond donors (Lipinski definition) is 0. The van der Waals surface area contributed by atoms with Crippen molar-refractivity contribution in [3.05, 3.63) is 212 Å². The maximum absolute atomic E-state index is 6.96. The largest absolute Gasteiger partial charge is 0.455 e. The third kappa shape index (κ3) is 5.34. The first-order valence-electron chi connectivity index (χ1n) is 19.2. The molecule has 0 amide bonds. The Kier molecular flexibility index (Phi) is 7.53. The number of rotatable bonds is 6. The summed E-state index contributed by atoms with van der Waals surface area (Å²) in [5, 5.41) is 9.48. The molecule has 0 aliphatic carbocycles. The van der Waals surface area contributed by atoms with Gasteiger partial charge in [0, 0.05) is 33.4 Å². The topological polar surface area (TPSA) is 16.4 Å². The van der Waals surface area contributed by atoms with Crippen LogP contribution in [0.15, 0.2) is 217 Å². The molecule has 2 heteroatoms. The Bertz CT molecular complexity index is 3130. The Morgan fingerprint density at radius 1 is 0.304 bits per heavy atom. The second kappa shape index (κ2) is 13.2. The number of furan rings is 1. The van der Waals surface area contributed by atoms with E-state index < -0.39 is 0 Å². The summed E-state index contributed by atoms with van der Waals surface area (Å²) in [7, 11) is 0. The smallest absolute Gasteiger partial charge is 0.143 e. The van der Waals surface area contributed by atoms with Gasteiger partial charge in [-0.05, 0) is 115 Å². The van der Waals surface area contributed by atoms with Gasteiger partial charge in [0.05, 0.1) is 0 Å². The molecule has 262 valence electrons. The predicted octanol–water partition coefficient (Wildman–Crippen LogP) is 15.5. The zero-order valence-corrected chi connectivity index (χ0v) is 30.6. The molecule has 0 saturated carbocycles. The van der Waals surface area contributed by atoms with Gasteiger partial charge in [0.25, 0.3) is 0 Å². The molecule has 0 aliphatic heterocycles. The SMILES string of the molecule is c1ccc(-c2ccc(N(c3ccc(-c4ccccc4)cc3)c3ccc4oc5c(-c6cc7ccccc7c7ccccc67)c6ccccc6cc5c4c3)cc2)cc1. The first-order chi connectivity index (χ1) is 27.8. The summed E-state index contributed by atoms with van der Waals surface area (Å²) in [5.41, 5.74) is 12.1. The average molecular weight is 714 g/mol. The monoisotopic (exact) mass is 713 g/mol. The molecule has 0 unspecified atom stereocenters. The molecule has 1 aromatic heterocycles. The minimum atomic E-state index is 0.865. The minimum absolute atomic E-state index is 0.865. The summed E-state index contributed by atoms with van der Waals surface area (Å²) in [6.45, 7) is 0. The number of anilines is 3. The summed E-state index contributed by atoms with van der Waals surface area (Å²) < 4.78 is 6.96. The summed E-state index contributed by atoms with van der Waals surface area (Å²) in [5.74, 6) is 0. The molecule has 1 heterocycles. The van der Waals surface area contributed by atoms with Gasteiger partial charge in [-0.15, -0.1) is 0 Å². The molecule has 2 nitrogen and oxygen atoms in total. The van der Waals surface area contributed by atoms with Gasteiger partial charge in [0.2, 0.25) is 0 Å². The van der Waals surface area contributed by atoms with Crippen molar-refractivity contribution in [2.24, 2.45) is 0 Å². The molecule has 0 radical (unpaired) electrons. The Hall–Kier alpha value is -7.42. The minimum Gasteiger partial charge on any atom is -0.455 e. The third-order valence-electron chi connectivity index (χ3n) is 11.2. The van der Waals surface area contributed by atoms with Crippen molar-refractivity contribution in [2.75, 3.05) is 4.90 Å². The van der Waals surface area contributed by atoms with E-state index in [9.17, 15) is 0 Å². The molecular weight excluding hydrogens is 679 g/mol. The Morgan fingerprint density at radius 3 is 1.41 bits per heavy atom. The van der Waals surface area contributed by atoms with E-state index in [1.54, 1.807) is 0 Å². The summed E-state index contributed by atoms with van der Waals surface area (Å²) in [6.07, 6.45) is 0. The number of nitrogens with zero attached hydrogens (tertiary/aromatic N) is 1. The third-order valence-corrected chi connectivity index (χ3v) is 11.2. The van der Waals surface area contributed by atoms with Crippen LogP contribution >= 0.6 is 0 Å². The van der Waals surface area contributed by atoms with Crippen molar-refractivity contribution < 1.29 is 4.42 Å². The van der Waals surface area contributed by atoms with Crippen molar-refractivity contribution in [3.63, 3.8) is 0 Å². The van der Waals surface area contributed by atoms with E-state index >= 15 is 0 Å². The fourth-order valence-corrected chi connectivity index (χ4v) is 8.54. The zero-order valence-electron chi connectivity index (χ0n) is 30.6. The normalized spacial score (nSPS) is 11.6. The van der Waals surface area contributed by atoms with E-state index in [1.807, 2.05) is 0 Å². The van der Waals surface area contributed by atoms with E-state index in [-0.39, 0.29) is 0 Å². The number of fused-ring (bicyclic) bond motifs is 7. The van der Waals surface area contributed by atoms with Crippen LogP contribution in [0.25, 0.3) is 87.6 Å². The Balaban J connectivity index is 1.12. The highest BCUT2D eigenvalue weighted by atomic mass is 16.3. The molecule has 11 rings (SSSR count). The standard InChI is InChI=1S/C54H35NO/c1-3-13-36(14-4-1)38-23-27-42(28-24-38)55(43-29-25-39(26-30-43)37-15-5-2-6-16-37)44-31-32-52-49(35-44)51-34-41-18-8-10-20-46(41)53(54(51)56-52)50-33-40-17-7-9-19-45(40)47-21-11-12-22-48(47)50/h1-35H. The van der Waals surface area contributed by atoms with E-state index in [4.69, 9.17) is 4.42 Å². The Morgan fingerprint density at radius 2 is 0.786 bits per heavy atom. The van der Waals surface area contributed by atoms with Gasteiger partial charge in [-0.1, -0.05) is 158 Å². The summed E-state index contributed by atoms with van der Waals surface area (Å²) >= 11 is 0. The van der Waals surface area contributed by atoms with E-state index in [1.165, 1.54) is 60.1 Å². The van der Waals surface area contributed by atoms with Crippen LogP contribution in [0.5, 0.6) is 0 Å². The summed E-state index contributed by atoms with van der Waals surface area (Å²) in [4.78, 5) is 2.35. The van der Waals surface area contributed by atoms with Crippen LogP contribution in [0.2, 0.25) is 0 Å². The van der Waals surface area contributed by atoms with Crippen molar-refractivity contribution in [1.29, 1.82) is 0 Å². The predicted molar refractivity (Wildman–Crippen MR) is 237 cm³/mol. The van der Waals surface area contributed by atoms with Crippen LogP contribution in [-0.4, -0.2) is 0 Å². The zero-order chi connectivity index (χ0) is 37.0. The lowest BCUT2D eigenvalue weighted by Gasteiger charge is -2.26. The average Bonchev–Trinajstić information content (AvgIpc) is 3.64. The highest BCUT2D eigenvalue weighted by Crippen LogP contribution is 2.46. The van der Waals surface area contributed by atoms with Crippen molar-refractivity contribution >= 4 is 71.3 Å².